The molecule has 0 bridgehead atoms. The maximum absolute atomic E-state index is 3.66. The van der Waals surface area contributed by atoms with Crippen LogP contribution in [0.1, 0.15) is 53.4 Å². The van der Waals surface area contributed by atoms with E-state index in [4.69, 9.17) is 0 Å². The molecule has 0 radical (unpaired) electrons. The molecule has 0 aromatic rings. The second kappa shape index (κ2) is 6.75. The van der Waals surface area contributed by atoms with Crippen LogP contribution in [0.5, 0.6) is 0 Å². The quantitative estimate of drug-likeness (QED) is 0.735. The van der Waals surface area contributed by atoms with E-state index in [1.807, 2.05) is 0 Å². The van der Waals surface area contributed by atoms with Gasteiger partial charge in [-0.1, -0.05) is 40.5 Å². The highest BCUT2D eigenvalue weighted by molar-refractivity contribution is 4.89. The largest absolute Gasteiger partial charge is 0.314 e. The van der Waals surface area contributed by atoms with E-state index in [2.05, 4.69) is 45.0 Å². The molecule has 1 rings (SSSR count). The fraction of sp³-hybridized carbons (Fsp3) is 1.00. The van der Waals surface area contributed by atoms with Crippen LogP contribution in [-0.2, 0) is 0 Å². The maximum Gasteiger partial charge on any atom is 0.00472 e. The zero-order valence-electron chi connectivity index (χ0n) is 12.6. The van der Waals surface area contributed by atoms with Crippen molar-refractivity contribution in [3.8, 4) is 0 Å². The van der Waals surface area contributed by atoms with Crippen molar-refractivity contribution in [1.29, 1.82) is 0 Å². The Morgan fingerprint density at radius 3 is 2.18 bits per heavy atom. The number of nitrogens with one attached hydrogen (secondary N) is 1. The van der Waals surface area contributed by atoms with Crippen LogP contribution in [0, 0.1) is 11.3 Å². The van der Waals surface area contributed by atoms with Gasteiger partial charge < -0.3 is 10.2 Å². The van der Waals surface area contributed by atoms with Gasteiger partial charge in [-0.3, -0.25) is 0 Å². The summed E-state index contributed by atoms with van der Waals surface area (Å²) >= 11 is 0. The van der Waals surface area contributed by atoms with Crippen molar-refractivity contribution in [3.05, 3.63) is 0 Å². The molecule has 1 saturated carbocycles. The second-order valence-electron chi connectivity index (χ2n) is 6.83. The summed E-state index contributed by atoms with van der Waals surface area (Å²) in [6.07, 6.45) is 5.68. The Balaban J connectivity index is 2.46. The van der Waals surface area contributed by atoms with Gasteiger partial charge in [0.05, 0.1) is 0 Å². The molecule has 1 aliphatic rings. The van der Waals surface area contributed by atoms with Crippen molar-refractivity contribution in [2.45, 2.75) is 59.4 Å². The fourth-order valence-electron chi connectivity index (χ4n) is 3.20. The Morgan fingerprint density at radius 2 is 1.71 bits per heavy atom. The first-order valence-electron chi connectivity index (χ1n) is 7.35. The number of hydrogen-bond donors (Lipinski definition) is 1. The summed E-state index contributed by atoms with van der Waals surface area (Å²) in [7, 11) is 2.29. The summed E-state index contributed by atoms with van der Waals surface area (Å²) in [4.78, 5) is 2.54. The van der Waals surface area contributed by atoms with Crippen LogP contribution in [0.2, 0.25) is 0 Å². The third kappa shape index (κ3) is 5.39. The van der Waals surface area contributed by atoms with Gasteiger partial charge in [0, 0.05) is 25.7 Å². The van der Waals surface area contributed by atoms with Crippen molar-refractivity contribution in [2.24, 2.45) is 11.3 Å². The molecule has 0 aromatic carbocycles. The Bertz CT molecular complexity index is 205. The maximum atomic E-state index is 3.66. The standard InChI is InChI=1S/C15H32N2/c1-13(2)10-17(5)12-15(8-6-7-9-15)11-16-14(3)4/h13-14,16H,6-12H2,1-5H3. The molecular weight excluding hydrogens is 208 g/mol. The average Bonchev–Trinajstić information content (AvgIpc) is 2.62. The number of nitrogens with zero attached hydrogens (tertiary/aromatic N) is 1. The third-order valence-electron chi connectivity index (χ3n) is 3.83. The molecule has 17 heavy (non-hydrogen) atoms. The lowest BCUT2D eigenvalue weighted by molar-refractivity contribution is 0.158. The zero-order valence-corrected chi connectivity index (χ0v) is 12.6. The summed E-state index contributed by atoms with van der Waals surface area (Å²) in [5.74, 6) is 0.775. The topological polar surface area (TPSA) is 15.3 Å². The van der Waals surface area contributed by atoms with Gasteiger partial charge in [-0.15, -0.1) is 0 Å². The van der Waals surface area contributed by atoms with Crippen molar-refractivity contribution < 1.29 is 0 Å². The monoisotopic (exact) mass is 240 g/mol. The van der Waals surface area contributed by atoms with E-state index in [-0.39, 0.29) is 0 Å². The average molecular weight is 240 g/mol. The summed E-state index contributed by atoms with van der Waals surface area (Å²) in [5, 5.41) is 3.66. The van der Waals surface area contributed by atoms with Crippen molar-refractivity contribution >= 4 is 0 Å². The molecule has 0 atom stereocenters. The normalized spacial score (nSPS) is 19.8. The lowest BCUT2D eigenvalue weighted by Gasteiger charge is -2.35. The molecule has 0 saturated heterocycles. The molecule has 0 amide bonds. The number of hydrogen-bond acceptors (Lipinski definition) is 2. The van der Waals surface area contributed by atoms with E-state index in [0.29, 0.717) is 11.5 Å². The van der Waals surface area contributed by atoms with Gasteiger partial charge in [-0.2, -0.15) is 0 Å². The minimum atomic E-state index is 0.550. The van der Waals surface area contributed by atoms with Crippen LogP contribution < -0.4 is 5.32 Å². The van der Waals surface area contributed by atoms with Crippen LogP contribution in [0.4, 0.5) is 0 Å². The predicted molar refractivity (Wildman–Crippen MR) is 76.4 cm³/mol. The second-order valence-corrected chi connectivity index (χ2v) is 6.83. The zero-order chi connectivity index (χ0) is 12.9. The molecular formula is C15H32N2. The van der Waals surface area contributed by atoms with E-state index in [9.17, 15) is 0 Å². The first-order valence-corrected chi connectivity index (χ1v) is 7.35. The summed E-state index contributed by atoms with van der Waals surface area (Å²) in [5.41, 5.74) is 0.550. The minimum Gasteiger partial charge on any atom is -0.314 e. The van der Waals surface area contributed by atoms with E-state index in [1.165, 1.54) is 45.3 Å². The third-order valence-corrected chi connectivity index (χ3v) is 3.83. The molecule has 2 nitrogen and oxygen atoms in total. The van der Waals surface area contributed by atoms with E-state index in [0.717, 1.165) is 5.92 Å². The summed E-state index contributed by atoms with van der Waals surface area (Å²) in [6.45, 7) is 12.8. The molecule has 0 unspecified atom stereocenters. The molecule has 0 spiro atoms. The number of rotatable bonds is 7. The van der Waals surface area contributed by atoms with Gasteiger partial charge in [0.2, 0.25) is 0 Å². The molecule has 1 fully saturated rings. The summed E-state index contributed by atoms with van der Waals surface area (Å²) in [6, 6.07) is 0.614. The van der Waals surface area contributed by atoms with Gasteiger partial charge in [0.15, 0.2) is 0 Å². The first kappa shape index (κ1) is 15.0. The van der Waals surface area contributed by atoms with Crippen LogP contribution in [0.25, 0.3) is 0 Å². The van der Waals surface area contributed by atoms with Crippen molar-refractivity contribution in [3.63, 3.8) is 0 Å². The molecule has 1 N–H and O–H groups in total. The highest BCUT2D eigenvalue weighted by Crippen LogP contribution is 2.38. The highest BCUT2D eigenvalue weighted by Gasteiger charge is 2.34. The predicted octanol–water partition coefficient (Wildman–Crippen LogP) is 3.13. The van der Waals surface area contributed by atoms with Gasteiger partial charge in [-0.25, -0.2) is 0 Å². The van der Waals surface area contributed by atoms with E-state index in [1.54, 1.807) is 0 Å². The molecule has 102 valence electrons. The molecule has 1 aliphatic carbocycles. The van der Waals surface area contributed by atoms with Crippen LogP contribution >= 0.6 is 0 Å². The van der Waals surface area contributed by atoms with Crippen molar-refractivity contribution in [1.82, 2.24) is 10.2 Å². The Labute approximate surface area is 108 Å². The first-order chi connectivity index (χ1) is 7.93. The Kier molecular flexibility index (Phi) is 5.94. The summed E-state index contributed by atoms with van der Waals surface area (Å²) < 4.78 is 0. The molecule has 2 heteroatoms. The van der Waals surface area contributed by atoms with Crippen LogP contribution in [0.3, 0.4) is 0 Å². The van der Waals surface area contributed by atoms with Crippen LogP contribution in [0.15, 0.2) is 0 Å². The van der Waals surface area contributed by atoms with Gasteiger partial charge >= 0.3 is 0 Å². The highest BCUT2D eigenvalue weighted by atomic mass is 15.1. The minimum absolute atomic E-state index is 0.550. The lowest BCUT2D eigenvalue weighted by atomic mass is 9.85. The van der Waals surface area contributed by atoms with Crippen LogP contribution in [-0.4, -0.2) is 37.6 Å². The molecule has 0 aliphatic heterocycles. The van der Waals surface area contributed by atoms with E-state index >= 15 is 0 Å². The Hall–Kier alpha value is -0.0800. The lowest BCUT2D eigenvalue weighted by Crippen LogP contribution is -2.43. The SMILES string of the molecule is CC(C)CN(C)CC1(CNC(C)C)CCCC1. The fourth-order valence-corrected chi connectivity index (χ4v) is 3.20. The smallest absolute Gasteiger partial charge is 0.00472 e. The van der Waals surface area contributed by atoms with Gasteiger partial charge in [0.1, 0.15) is 0 Å². The van der Waals surface area contributed by atoms with Gasteiger partial charge in [-0.05, 0) is 31.2 Å². The molecule has 0 aromatic heterocycles. The van der Waals surface area contributed by atoms with E-state index < -0.39 is 0 Å². The Morgan fingerprint density at radius 1 is 1.12 bits per heavy atom. The van der Waals surface area contributed by atoms with Gasteiger partial charge in [0.25, 0.3) is 0 Å². The van der Waals surface area contributed by atoms with Crippen molar-refractivity contribution in [2.75, 3.05) is 26.7 Å². The molecule has 0 heterocycles.